The first-order valence-corrected chi connectivity index (χ1v) is 7.98. The van der Waals surface area contributed by atoms with Gasteiger partial charge in [-0.25, -0.2) is 4.39 Å². The van der Waals surface area contributed by atoms with Gasteiger partial charge >= 0.3 is 5.97 Å². The predicted molar refractivity (Wildman–Crippen MR) is 85.9 cm³/mol. The summed E-state index contributed by atoms with van der Waals surface area (Å²) in [5.41, 5.74) is 0.261. The molecule has 24 heavy (non-hydrogen) atoms. The Morgan fingerprint density at radius 1 is 1.29 bits per heavy atom. The van der Waals surface area contributed by atoms with E-state index in [4.69, 9.17) is 5.11 Å². The number of aliphatic carboxylic acids is 1. The number of benzene rings is 1. The largest absolute Gasteiger partial charge is 0.481 e. The van der Waals surface area contributed by atoms with Crippen molar-refractivity contribution in [1.29, 1.82) is 0 Å². The number of hydrogen-bond donors (Lipinski definition) is 3. The average Bonchev–Trinajstić information content (AvgIpc) is 3.04. The molecule has 0 saturated heterocycles. The van der Waals surface area contributed by atoms with E-state index < -0.39 is 30.2 Å². The van der Waals surface area contributed by atoms with Crippen LogP contribution in [0.4, 0.5) is 10.1 Å². The Morgan fingerprint density at radius 2 is 1.96 bits per heavy atom. The number of rotatable bonds is 6. The van der Waals surface area contributed by atoms with Crippen molar-refractivity contribution in [2.24, 2.45) is 5.92 Å². The fourth-order valence-corrected chi connectivity index (χ4v) is 2.77. The summed E-state index contributed by atoms with van der Waals surface area (Å²) in [6.45, 7) is 1.57. The summed E-state index contributed by atoms with van der Waals surface area (Å²) in [7, 11) is 0. The molecule has 0 spiro atoms. The fraction of sp³-hybridized carbons (Fsp3) is 0.471. The molecule has 2 rings (SSSR count). The molecule has 1 saturated carbocycles. The molecule has 1 atom stereocenters. The van der Waals surface area contributed by atoms with Crippen molar-refractivity contribution in [1.82, 2.24) is 5.32 Å². The lowest BCUT2D eigenvalue weighted by atomic mass is 10.1. The molecular weight excluding hydrogens is 315 g/mol. The van der Waals surface area contributed by atoms with E-state index in [1.165, 1.54) is 12.1 Å². The molecule has 0 radical (unpaired) electrons. The molecule has 1 aromatic rings. The highest BCUT2D eigenvalue weighted by molar-refractivity contribution is 5.97. The molecule has 0 aliphatic heterocycles. The second-order valence-electron chi connectivity index (χ2n) is 6.08. The number of carbonyl (C=O) groups excluding carboxylic acids is 2. The van der Waals surface area contributed by atoms with Crippen LogP contribution in [0.1, 0.15) is 38.2 Å². The SMILES string of the molecule is CC(NC(=O)C1CCCC1)C(=O)Nc1ccc(CC(=O)O)c(F)c1. The minimum absolute atomic E-state index is 0.0343. The van der Waals surface area contributed by atoms with Crippen molar-refractivity contribution in [3.63, 3.8) is 0 Å². The lowest BCUT2D eigenvalue weighted by molar-refractivity contribution is -0.136. The van der Waals surface area contributed by atoms with Gasteiger partial charge in [0.1, 0.15) is 11.9 Å². The highest BCUT2D eigenvalue weighted by atomic mass is 19.1. The summed E-state index contributed by atoms with van der Waals surface area (Å²) in [5.74, 6) is -2.44. The summed E-state index contributed by atoms with van der Waals surface area (Å²) in [6.07, 6.45) is 3.32. The summed E-state index contributed by atoms with van der Waals surface area (Å²) in [6, 6.07) is 3.09. The zero-order chi connectivity index (χ0) is 17.7. The third kappa shape index (κ3) is 4.78. The van der Waals surface area contributed by atoms with E-state index in [-0.39, 0.29) is 23.1 Å². The van der Waals surface area contributed by atoms with Crippen LogP contribution in [-0.4, -0.2) is 28.9 Å². The second-order valence-corrected chi connectivity index (χ2v) is 6.08. The van der Waals surface area contributed by atoms with Crippen LogP contribution in [0.15, 0.2) is 18.2 Å². The number of hydrogen-bond acceptors (Lipinski definition) is 3. The number of halogens is 1. The highest BCUT2D eigenvalue weighted by Crippen LogP contribution is 2.24. The third-order valence-corrected chi connectivity index (χ3v) is 4.14. The summed E-state index contributed by atoms with van der Waals surface area (Å²) >= 11 is 0. The molecule has 0 heterocycles. The van der Waals surface area contributed by atoms with Crippen LogP contribution < -0.4 is 10.6 Å². The van der Waals surface area contributed by atoms with Crippen LogP contribution in [0.3, 0.4) is 0 Å². The van der Waals surface area contributed by atoms with Crippen LogP contribution in [0.2, 0.25) is 0 Å². The lowest BCUT2D eigenvalue weighted by Gasteiger charge is -2.17. The molecule has 1 aliphatic carbocycles. The summed E-state index contributed by atoms with van der Waals surface area (Å²) in [5, 5.41) is 13.9. The monoisotopic (exact) mass is 336 g/mol. The zero-order valence-electron chi connectivity index (χ0n) is 13.5. The first-order valence-electron chi connectivity index (χ1n) is 7.98. The summed E-state index contributed by atoms with van der Waals surface area (Å²) in [4.78, 5) is 34.7. The van der Waals surface area contributed by atoms with Crippen LogP contribution in [0.5, 0.6) is 0 Å². The van der Waals surface area contributed by atoms with Gasteiger partial charge in [-0.2, -0.15) is 0 Å². The average molecular weight is 336 g/mol. The van der Waals surface area contributed by atoms with Crippen molar-refractivity contribution in [3.05, 3.63) is 29.6 Å². The van der Waals surface area contributed by atoms with E-state index in [9.17, 15) is 18.8 Å². The van der Waals surface area contributed by atoms with Gasteiger partial charge in [0.2, 0.25) is 11.8 Å². The molecule has 1 aliphatic rings. The number of nitrogens with one attached hydrogen (secondary N) is 2. The number of anilines is 1. The minimum Gasteiger partial charge on any atom is -0.481 e. The van der Waals surface area contributed by atoms with Gasteiger partial charge in [0.15, 0.2) is 0 Å². The van der Waals surface area contributed by atoms with Gasteiger partial charge in [-0.05, 0) is 37.5 Å². The van der Waals surface area contributed by atoms with Crippen LogP contribution >= 0.6 is 0 Å². The van der Waals surface area contributed by atoms with Gasteiger partial charge in [-0.15, -0.1) is 0 Å². The maximum absolute atomic E-state index is 13.8. The lowest BCUT2D eigenvalue weighted by Crippen LogP contribution is -2.43. The van der Waals surface area contributed by atoms with Gasteiger partial charge in [0.05, 0.1) is 6.42 Å². The van der Waals surface area contributed by atoms with Gasteiger partial charge in [0, 0.05) is 11.6 Å². The maximum atomic E-state index is 13.8. The van der Waals surface area contributed by atoms with E-state index in [1.54, 1.807) is 6.92 Å². The van der Waals surface area contributed by atoms with E-state index in [2.05, 4.69) is 10.6 Å². The molecule has 0 bridgehead atoms. The van der Waals surface area contributed by atoms with Gasteiger partial charge in [-0.1, -0.05) is 18.9 Å². The molecule has 1 fully saturated rings. The van der Waals surface area contributed by atoms with E-state index >= 15 is 0 Å². The highest BCUT2D eigenvalue weighted by Gasteiger charge is 2.25. The van der Waals surface area contributed by atoms with Crippen molar-refractivity contribution in [2.45, 2.75) is 45.1 Å². The Bertz CT molecular complexity index is 641. The molecule has 1 unspecified atom stereocenters. The van der Waals surface area contributed by atoms with E-state index in [1.807, 2.05) is 0 Å². The molecule has 6 nitrogen and oxygen atoms in total. The van der Waals surface area contributed by atoms with E-state index in [0.29, 0.717) is 0 Å². The van der Waals surface area contributed by atoms with Crippen LogP contribution in [0, 0.1) is 11.7 Å². The quantitative estimate of drug-likeness (QED) is 0.741. The van der Waals surface area contributed by atoms with Gasteiger partial charge in [0.25, 0.3) is 0 Å². The van der Waals surface area contributed by atoms with Gasteiger partial charge in [-0.3, -0.25) is 14.4 Å². The van der Waals surface area contributed by atoms with E-state index in [0.717, 1.165) is 31.7 Å². The molecule has 1 aromatic carbocycles. The Balaban J connectivity index is 1.92. The number of amides is 2. The predicted octanol–water partition coefficient (Wildman–Crippen LogP) is 2.09. The minimum atomic E-state index is -1.13. The molecule has 130 valence electrons. The first-order chi connectivity index (χ1) is 11.4. The van der Waals surface area contributed by atoms with Crippen molar-refractivity contribution < 1.29 is 23.9 Å². The maximum Gasteiger partial charge on any atom is 0.307 e. The Morgan fingerprint density at radius 3 is 2.54 bits per heavy atom. The Hall–Kier alpha value is -2.44. The fourth-order valence-electron chi connectivity index (χ4n) is 2.77. The normalized spacial score (nSPS) is 15.8. The van der Waals surface area contributed by atoms with Crippen molar-refractivity contribution >= 4 is 23.5 Å². The number of carboxylic acid groups (broad SMARTS) is 1. The van der Waals surface area contributed by atoms with Crippen molar-refractivity contribution in [2.75, 3.05) is 5.32 Å². The molecule has 3 N–H and O–H groups in total. The molecular formula is C17H21FN2O4. The van der Waals surface area contributed by atoms with Crippen LogP contribution in [-0.2, 0) is 20.8 Å². The smallest absolute Gasteiger partial charge is 0.307 e. The number of carboxylic acids is 1. The molecule has 7 heteroatoms. The first kappa shape index (κ1) is 17.9. The Labute approximate surface area is 139 Å². The second kappa shape index (κ2) is 7.90. The standard InChI is InChI=1S/C17H21FN2O4/c1-10(19-17(24)11-4-2-3-5-11)16(23)20-13-7-6-12(8-15(21)22)14(18)9-13/h6-7,9-11H,2-5,8H2,1H3,(H,19,24)(H,20,23)(H,21,22). The third-order valence-electron chi connectivity index (χ3n) is 4.14. The molecule has 2 amide bonds. The Kier molecular flexibility index (Phi) is 5.89. The van der Waals surface area contributed by atoms with Crippen molar-refractivity contribution in [3.8, 4) is 0 Å². The topological polar surface area (TPSA) is 95.5 Å². The molecule has 0 aromatic heterocycles. The van der Waals surface area contributed by atoms with Crippen LogP contribution in [0.25, 0.3) is 0 Å². The van der Waals surface area contributed by atoms with Gasteiger partial charge < -0.3 is 15.7 Å². The number of carbonyl (C=O) groups is 3. The summed E-state index contributed by atoms with van der Waals surface area (Å²) < 4.78 is 13.8. The zero-order valence-corrected chi connectivity index (χ0v) is 13.5.